The number of nitrogens with one attached hydrogen (secondary N) is 1. The third-order valence-electron chi connectivity index (χ3n) is 11.3. The number of hydrogen-bond acceptors (Lipinski definition) is 13. The zero-order valence-corrected chi connectivity index (χ0v) is 38.0. The van der Waals surface area contributed by atoms with E-state index >= 15 is 0 Å². The van der Waals surface area contributed by atoms with Crippen LogP contribution in [0.25, 0.3) is 0 Å². The number of unbranched alkanes of at least 4 members (excludes halogenated alkanes) is 12. The van der Waals surface area contributed by atoms with Crippen LogP contribution in [0.2, 0.25) is 0 Å². The minimum atomic E-state index is -2.19. The monoisotopic (exact) mass is 864 g/mol. The molecule has 9 atom stereocenters. The summed E-state index contributed by atoms with van der Waals surface area (Å²) < 4.78 is 10.7. The van der Waals surface area contributed by atoms with Gasteiger partial charge in [-0.1, -0.05) is 112 Å². The first-order chi connectivity index (χ1) is 28.3. The number of aliphatic hydroxyl groups excluding tert-OH is 8. The zero-order chi connectivity index (χ0) is 45.5. The van der Waals surface area contributed by atoms with Crippen molar-refractivity contribution in [3.05, 3.63) is 0 Å². The number of hydrogen-bond donors (Lipinski definition) is 9. The zero-order valence-electron chi connectivity index (χ0n) is 38.0. The summed E-state index contributed by atoms with van der Waals surface area (Å²) in [6, 6.07) is 0. The van der Waals surface area contributed by atoms with E-state index in [-0.39, 0.29) is 30.3 Å². The molecule has 1 heterocycles. The lowest BCUT2D eigenvalue weighted by Crippen LogP contribution is -2.62. The fourth-order valence-corrected chi connectivity index (χ4v) is 7.42. The SMILES string of the molecule is CCCCCCCCCCCCCCCC(=O)N(CCCNC(=O)C(O)C(O)C(OC1OC(CO)C(O)C(O)C1O)C(O)CO)CCC(C)(C)N(CC(C)(C)C)C(=O)CC. The van der Waals surface area contributed by atoms with Gasteiger partial charge in [0.1, 0.15) is 42.7 Å². The number of carbonyl (C=O) groups is 3. The first-order valence-electron chi connectivity index (χ1n) is 22.7. The largest absolute Gasteiger partial charge is 0.394 e. The molecule has 1 aliphatic heterocycles. The van der Waals surface area contributed by atoms with Crippen LogP contribution < -0.4 is 5.32 Å². The Labute approximate surface area is 360 Å². The Morgan fingerprint density at radius 3 is 1.78 bits per heavy atom. The molecule has 0 saturated carbocycles. The fraction of sp³-hybridized carbons (Fsp3) is 0.932. The molecular formula is C44H85N3O13. The van der Waals surface area contributed by atoms with Crippen LogP contribution in [0.1, 0.15) is 158 Å². The summed E-state index contributed by atoms with van der Waals surface area (Å²) >= 11 is 0. The Bertz CT molecular complexity index is 1190. The van der Waals surface area contributed by atoms with E-state index < -0.39 is 79.8 Å². The standard InChI is InChI=1S/C44H85N3O13/c1-8-10-11-12-13-14-15-16-17-18-19-20-21-23-34(52)46(27-24-44(6,7)47(33(51)9-2)30-43(3,4)5)26-22-25-45-41(58)38(56)37(55)40(31(50)28-48)60-42-39(57)36(54)35(53)32(29-49)59-42/h31-32,35-40,42,48-50,53-57H,8-30H2,1-7H3,(H,45,58). The molecule has 16 nitrogen and oxygen atoms in total. The number of amides is 3. The highest BCUT2D eigenvalue weighted by Gasteiger charge is 2.47. The highest BCUT2D eigenvalue weighted by Crippen LogP contribution is 2.28. The Morgan fingerprint density at radius 1 is 0.733 bits per heavy atom. The van der Waals surface area contributed by atoms with Crippen molar-refractivity contribution in [1.29, 1.82) is 0 Å². The van der Waals surface area contributed by atoms with E-state index in [9.17, 15) is 55.2 Å². The maximum atomic E-state index is 13.7. The van der Waals surface area contributed by atoms with Crippen molar-refractivity contribution in [1.82, 2.24) is 15.1 Å². The van der Waals surface area contributed by atoms with Crippen LogP contribution in [-0.2, 0) is 23.9 Å². The van der Waals surface area contributed by atoms with Crippen molar-refractivity contribution in [2.24, 2.45) is 5.41 Å². The van der Waals surface area contributed by atoms with E-state index in [4.69, 9.17) is 9.47 Å². The molecule has 0 radical (unpaired) electrons. The molecule has 1 aliphatic rings. The van der Waals surface area contributed by atoms with E-state index in [1.807, 2.05) is 25.7 Å². The maximum absolute atomic E-state index is 13.7. The van der Waals surface area contributed by atoms with Crippen LogP contribution in [0.5, 0.6) is 0 Å². The van der Waals surface area contributed by atoms with E-state index in [1.165, 1.54) is 57.8 Å². The summed E-state index contributed by atoms with van der Waals surface area (Å²) in [5.74, 6) is -1.03. The normalized spacial score (nSPS) is 21.9. The molecule has 9 unspecified atom stereocenters. The topological polar surface area (TPSA) is 250 Å². The molecular weight excluding hydrogens is 778 g/mol. The van der Waals surface area contributed by atoms with Crippen LogP contribution >= 0.6 is 0 Å². The van der Waals surface area contributed by atoms with Crippen molar-refractivity contribution < 1.29 is 64.7 Å². The lowest BCUT2D eigenvalue weighted by Gasteiger charge is -2.43. The Balaban J connectivity index is 2.87. The van der Waals surface area contributed by atoms with Crippen molar-refractivity contribution >= 4 is 17.7 Å². The average molecular weight is 864 g/mol. The van der Waals surface area contributed by atoms with Crippen LogP contribution in [0.4, 0.5) is 0 Å². The quantitative estimate of drug-likeness (QED) is 0.0442. The second-order valence-corrected chi connectivity index (χ2v) is 18.5. The van der Waals surface area contributed by atoms with Gasteiger partial charge in [-0.05, 0) is 38.5 Å². The van der Waals surface area contributed by atoms with Gasteiger partial charge in [-0.25, -0.2) is 0 Å². The highest BCUT2D eigenvalue weighted by atomic mass is 16.7. The number of aliphatic hydroxyl groups is 8. The molecule has 0 aromatic carbocycles. The molecule has 0 aliphatic carbocycles. The van der Waals surface area contributed by atoms with E-state index in [1.54, 1.807) is 4.90 Å². The van der Waals surface area contributed by atoms with Crippen molar-refractivity contribution in [2.75, 3.05) is 39.4 Å². The number of ether oxygens (including phenoxy) is 2. The third kappa shape index (κ3) is 20.5. The van der Waals surface area contributed by atoms with Gasteiger partial charge in [0, 0.05) is 44.6 Å². The van der Waals surface area contributed by atoms with Gasteiger partial charge in [0.25, 0.3) is 5.91 Å². The van der Waals surface area contributed by atoms with Crippen molar-refractivity contribution in [3.63, 3.8) is 0 Å². The molecule has 1 fully saturated rings. The van der Waals surface area contributed by atoms with Gasteiger partial charge >= 0.3 is 0 Å². The molecule has 9 N–H and O–H groups in total. The van der Waals surface area contributed by atoms with Gasteiger partial charge in [-0.2, -0.15) is 0 Å². The number of nitrogens with zero attached hydrogens (tertiary/aromatic N) is 2. The van der Waals surface area contributed by atoms with Gasteiger partial charge in [-0.15, -0.1) is 0 Å². The van der Waals surface area contributed by atoms with Gasteiger partial charge in [0.05, 0.1) is 13.2 Å². The summed E-state index contributed by atoms with van der Waals surface area (Å²) in [7, 11) is 0. The first-order valence-corrected chi connectivity index (χ1v) is 22.7. The lowest BCUT2D eigenvalue weighted by molar-refractivity contribution is -0.326. The first kappa shape index (κ1) is 56.0. The predicted molar refractivity (Wildman–Crippen MR) is 228 cm³/mol. The molecule has 1 saturated heterocycles. The van der Waals surface area contributed by atoms with Crippen molar-refractivity contribution in [2.45, 2.75) is 218 Å². The Kier molecular flexibility index (Phi) is 27.4. The summed E-state index contributed by atoms with van der Waals surface area (Å²) in [6.45, 7) is 13.8. The molecule has 3 amide bonds. The van der Waals surface area contributed by atoms with Gasteiger partial charge in [0.15, 0.2) is 12.4 Å². The highest BCUT2D eigenvalue weighted by molar-refractivity contribution is 5.81. The van der Waals surface area contributed by atoms with Crippen LogP contribution in [-0.4, -0.2) is 168 Å². The summed E-state index contributed by atoms with van der Waals surface area (Å²) in [6.07, 6.45) is 0.257. The van der Waals surface area contributed by atoms with Gasteiger partial charge in [0.2, 0.25) is 11.8 Å². The molecule has 16 heteroatoms. The molecule has 0 spiro atoms. The summed E-state index contributed by atoms with van der Waals surface area (Å²) in [4.78, 5) is 43.4. The maximum Gasteiger partial charge on any atom is 0.251 e. The van der Waals surface area contributed by atoms with Crippen molar-refractivity contribution in [3.8, 4) is 0 Å². The minimum absolute atomic E-state index is 0.000214. The predicted octanol–water partition coefficient (Wildman–Crippen LogP) is 2.52. The molecule has 354 valence electrons. The molecule has 0 bridgehead atoms. The second kappa shape index (κ2) is 29.4. The van der Waals surface area contributed by atoms with E-state index in [0.717, 1.165) is 25.7 Å². The van der Waals surface area contributed by atoms with Gasteiger partial charge in [-0.3, -0.25) is 14.4 Å². The Hall–Kier alpha value is -1.99. The number of rotatable bonds is 32. The summed E-state index contributed by atoms with van der Waals surface area (Å²) in [5.41, 5.74) is -0.680. The lowest BCUT2D eigenvalue weighted by atomic mass is 9.90. The van der Waals surface area contributed by atoms with E-state index in [2.05, 4.69) is 33.0 Å². The number of carbonyl (C=O) groups excluding carboxylic acids is 3. The average Bonchev–Trinajstić information content (AvgIpc) is 3.21. The van der Waals surface area contributed by atoms with Crippen LogP contribution in [0.3, 0.4) is 0 Å². The molecule has 1 rings (SSSR count). The van der Waals surface area contributed by atoms with E-state index in [0.29, 0.717) is 38.8 Å². The molecule has 0 aromatic rings. The fourth-order valence-electron chi connectivity index (χ4n) is 7.42. The Morgan fingerprint density at radius 2 is 1.28 bits per heavy atom. The third-order valence-corrected chi connectivity index (χ3v) is 11.3. The molecule has 60 heavy (non-hydrogen) atoms. The van der Waals surface area contributed by atoms with Crippen LogP contribution in [0, 0.1) is 5.41 Å². The smallest absolute Gasteiger partial charge is 0.251 e. The molecule has 0 aromatic heterocycles. The summed E-state index contributed by atoms with van der Waals surface area (Å²) in [5, 5.41) is 84.1. The minimum Gasteiger partial charge on any atom is -0.394 e. The van der Waals surface area contributed by atoms with Crippen LogP contribution in [0.15, 0.2) is 0 Å². The second-order valence-electron chi connectivity index (χ2n) is 18.5. The van der Waals surface area contributed by atoms with Gasteiger partial charge < -0.3 is 65.4 Å².